The number of esters is 1. The fraction of sp³-hybridized carbons (Fsp3) is 0.400. The molecule has 108 valence electrons. The van der Waals surface area contributed by atoms with Gasteiger partial charge in [-0.25, -0.2) is 4.79 Å². The summed E-state index contributed by atoms with van der Waals surface area (Å²) in [6.45, 7) is 0.489. The lowest BCUT2D eigenvalue weighted by molar-refractivity contribution is 0.0601. The van der Waals surface area contributed by atoms with E-state index < -0.39 is 5.97 Å². The first kappa shape index (κ1) is 15.7. The van der Waals surface area contributed by atoms with E-state index in [0.717, 1.165) is 19.3 Å². The van der Waals surface area contributed by atoms with Gasteiger partial charge in [0.1, 0.15) is 0 Å². The highest BCUT2D eigenvalue weighted by Crippen LogP contribution is 2.32. The Balaban J connectivity index is 2.82. The predicted molar refractivity (Wildman–Crippen MR) is 76.9 cm³/mol. The van der Waals surface area contributed by atoms with Crippen LogP contribution in [0.2, 0.25) is 0 Å². The van der Waals surface area contributed by atoms with Crippen LogP contribution in [0.5, 0.6) is 11.5 Å². The minimum absolute atomic E-state index is 0.256. The maximum atomic E-state index is 11.6. The van der Waals surface area contributed by atoms with E-state index in [4.69, 9.17) is 21.6 Å². The van der Waals surface area contributed by atoms with Gasteiger partial charge in [-0.15, -0.1) is 12.3 Å². The molecule has 0 bridgehead atoms. The van der Waals surface area contributed by atoms with E-state index in [-0.39, 0.29) is 11.3 Å². The fourth-order valence-corrected chi connectivity index (χ4v) is 1.65. The monoisotopic (exact) mass is 277 g/mol. The molecular weight excluding hydrogens is 258 g/mol. The molecule has 0 atom stereocenters. The number of anilines is 1. The van der Waals surface area contributed by atoms with Crippen LogP contribution in [0.15, 0.2) is 12.1 Å². The first-order chi connectivity index (χ1) is 9.63. The summed E-state index contributed by atoms with van der Waals surface area (Å²) < 4.78 is 15.5. The van der Waals surface area contributed by atoms with Gasteiger partial charge in [0, 0.05) is 18.6 Å². The van der Waals surface area contributed by atoms with Crippen LogP contribution in [0.4, 0.5) is 5.69 Å². The third kappa shape index (κ3) is 4.09. The summed E-state index contributed by atoms with van der Waals surface area (Å²) in [6.07, 6.45) is 7.61. The SMILES string of the molecule is C#CCCCCOc1cc(C(=O)OC)c(N)cc1OC. The second kappa shape index (κ2) is 7.95. The molecule has 0 aromatic heterocycles. The average Bonchev–Trinajstić information content (AvgIpc) is 2.47. The molecule has 0 fully saturated rings. The van der Waals surface area contributed by atoms with Gasteiger partial charge in [-0.05, 0) is 12.8 Å². The Morgan fingerprint density at radius 1 is 1.30 bits per heavy atom. The van der Waals surface area contributed by atoms with Crippen molar-refractivity contribution in [2.24, 2.45) is 0 Å². The zero-order chi connectivity index (χ0) is 15.0. The van der Waals surface area contributed by atoms with Crippen LogP contribution in [-0.2, 0) is 4.74 Å². The summed E-state index contributed by atoms with van der Waals surface area (Å²) in [6, 6.07) is 3.07. The molecule has 1 aromatic carbocycles. The highest BCUT2D eigenvalue weighted by atomic mass is 16.5. The van der Waals surface area contributed by atoms with Gasteiger partial charge in [0.2, 0.25) is 0 Å². The van der Waals surface area contributed by atoms with Crippen LogP contribution in [0.3, 0.4) is 0 Å². The molecule has 0 aliphatic carbocycles. The second-order valence-corrected chi connectivity index (χ2v) is 4.09. The lowest BCUT2D eigenvalue weighted by Gasteiger charge is -2.13. The van der Waals surface area contributed by atoms with Crippen molar-refractivity contribution >= 4 is 11.7 Å². The molecule has 0 aliphatic rings. The van der Waals surface area contributed by atoms with E-state index in [1.54, 1.807) is 6.07 Å². The van der Waals surface area contributed by atoms with Crippen molar-refractivity contribution in [1.29, 1.82) is 0 Å². The molecule has 5 nitrogen and oxygen atoms in total. The Morgan fingerprint density at radius 2 is 2.05 bits per heavy atom. The molecular formula is C15H19NO4. The van der Waals surface area contributed by atoms with Gasteiger partial charge < -0.3 is 19.9 Å². The zero-order valence-electron chi connectivity index (χ0n) is 11.8. The Kier molecular flexibility index (Phi) is 6.24. The van der Waals surface area contributed by atoms with Gasteiger partial charge in [-0.3, -0.25) is 0 Å². The summed E-state index contributed by atoms with van der Waals surface area (Å²) in [5.74, 6) is 3.00. The smallest absolute Gasteiger partial charge is 0.340 e. The Bertz CT molecular complexity index is 505. The van der Waals surface area contributed by atoms with Crippen molar-refractivity contribution in [3.05, 3.63) is 17.7 Å². The maximum Gasteiger partial charge on any atom is 0.340 e. The minimum atomic E-state index is -0.512. The van der Waals surface area contributed by atoms with Gasteiger partial charge in [0.05, 0.1) is 32.1 Å². The first-order valence-corrected chi connectivity index (χ1v) is 6.26. The molecule has 0 saturated heterocycles. The number of ether oxygens (including phenoxy) is 3. The molecule has 1 aromatic rings. The summed E-state index contributed by atoms with van der Waals surface area (Å²) in [7, 11) is 2.81. The third-order valence-electron chi connectivity index (χ3n) is 2.71. The molecule has 0 amide bonds. The molecule has 0 aliphatic heterocycles. The topological polar surface area (TPSA) is 70.8 Å². The molecule has 2 N–H and O–H groups in total. The lowest BCUT2D eigenvalue weighted by Crippen LogP contribution is -2.08. The van der Waals surface area contributed by atoms with Crippen LogP contribution in [0.25, 0.3) is 0 Å². The number of benzene rings is 1. The summed E-state index contributed by atoms with van der Waals surface area (Å²) >= 11 is 0. The van der Waals surface area contributed by atoms with Crippen LogP contribution >= 0.6 is 0 Å². The summed E-state index contributed by atoms with van der Waals surface area (Å²) in [5, 5.41) is 0. The molecule has 1 rings (SSSR count). The van der Waals surface area contributed by atoms with Crippen molar-refractivity contribution in [3.63, 3.8) is 0 Å². The average molecular weight is 277 g/mol. The quantitative estimate of drug-likeness (QED) is 0.358. The number of methoxy groups -OCH3 is 2. The van der Waals surface area contributed by atoms with Crippen molar-refractivity contribution < 1.29 is 19.0 Å². The van der Waals surface area contributed by atoms with Gasteiger partial charge in [0.15, 0.2) is 11.5 Å². The van der Waals surface area contributed by atoms with E-state index in [1.165, 1.54) is 20.3 Å². The normalized spacial score (nSPS) is 9.65. The molecule has 20 heavy (non-hydrogen) atoms. The number of carbonyl (C=O) groups is 1. The number of terminal acetylenes is 1. The molecule has 5 heteroatoms. The number of unbranched alkanes of at least 4 members (excludes halogenated alkanes) is 2. The standard InChI is InChI=1S/C15H19NO4/c1-4-5-6-7-8-20-14-9-11(15(17)19-3)12(16)10-13(14)18-2/h1,9-10H,5-8,16H2,2-3H3. The summed E-state index contributed by atoms with van der Waals surface area (Å²) in [5.41, 5.74) is 6.32. The highest BCUT2D eigenvalue weighted by molar-refractivity contribution is 5.96. The van der Waals surface area contributed by atoms with E-state index in [1.807, 2.05) is 0 Å². The zero-order valence-corrected chi connectivity index (χ0v) is 11.8. The predicted octanol–water partition coefficient (Wildman–Crippen LogP) is 2.25. The molecule has 0 radical (unpaired) electrons. The van der Waals surface area contributed by atoms with Crippen molar-refractivity contribution in [2.45, 2.75) is 19.3 Å². The largest absolute Gasteiger partial charge is 0.493 e. The maximum absolute atomic E-state index is 11.6. The van der Waals surface area contributed by atoms with Gasteiger partial charge in [-0.1, -0.05) is 0 Å². The lowest BCUT2D eigenvalue weighted by atomic mass is 10.1. The second-order valence-electron chi connectivity index (χ2n) is 4.09. The van der Waals surface area contributed by atoms with Crippen LogP contribution in [0, 0.1) is 12.3 Å². The van der Waals surface area contributed by atoms with Crippen molar-refractivity contribution in [2.75, 3.05) is 26.6 Å². The number of carbonyl (C=O) groups excluding carboxylic acids is 1. The number of nitrogens with two attached hydrogens (primary N) is 1. The van der Waals surface area contributed by atoms with E-state index in [0.29, 0.717) is 18.1 Å². The van der Waals surface area contributed by atoms with E-state index in [9.17, 15) is 4.79 Å². The molecule has 0 unspecified atom stereocenters. The Labute approximate surface area is 119 Å². The Hall–Kier alpha value is -2.35. The Morgan fingerprint density at radius 3 is 2.65 bits per heavy atom. The van der Waals surface area contributed by atoms with Crippen molar-refractivity contribution in [1.82, 2.24) is 0 Å². The minimum Gasteiger partial charge on any atom is -0.493 e. The number of nitrogen functional groups attached to an aromatic ring is 1. The van der Waals surface area contributed by atoms with E-state index in [2.05, 4.69) is 10.7 Å². The summed E-state index contributed by atoms with van der Waals surface area (Å²) in [4.78, 5) is 11.6. The van der Waals surface area contributed by atoms with Gasteiger partial charge in [-0.2, -0.15) is 0 Å². The van der Waals surface area contributed by atoms with Gasteiger partial charge in [0.25, 0.3) is 0 Å². The molecule has 0 spiro atoms. The highest BCUT2D eigenvalue weighted by Gasteiger charge is 2.15. The molecule has 0 saturated carbocycles. The van der Waals surface area contributed by atoms with Crippen LogP contribution in [0.1, 0.15) is 29.6 Å². The fourth-order valence-electron chi connectivity index (χ4n) is 1.65. The van der Waals surface area contributed by atoms with Gasteiger partial charge >= 0.3 is 5.97 Å². The van der Waals surface area contributed by atoms with Crippen molar-refractivity contribution in [3.8, 4) is 23.8 Å². The van der Waals surface area contributed by atoms with Crippen LogP contribution < -0.4 is 15.2 Å². The third-order valence-corrected chi connectivity index (χ3v) is 2.71. The number of hydrogen-bond acceptors (Lipinski definition) is 5. The van der Waals surface area contributed by atoms with Crippen LogP contribution in [-0.4, -0.2) is 26.8 Å². The number of rotatable bonds is 7. The first-order valence-electron chi connectivity index (χ1n) is 6.26. The molecule has 0 heterocycles. The van der Waals surface area contributed by atoms with E-state index >= 15 is 0 Å². The number of hydrogen-bond donors (Lipinski definition) is 1.